The molecule has 1 heterocycles. The van der Waals surface area contributed by atoms with Gasteiger partial charge in [-0.2, -0.15) is 0 Å². The maximum absolute atomic E-state index is 4.48. The molecule has 0 amide bonds. The Bertz CT molecular complexity index is 187. The topological polar surface area (TPSA) is 12.4 Å². The van der Waals surface area contributed by atoms with Gasteiger partial charge in [0, 0.05) is 11.4 Å². The van der Waals surface area contributed by atoms with E-state index in [1.54, 1.807) is 0 Å². The van der Waals surface area contributed by atoms with Gasteiger partial charge in [0.05, 0.1) is 0 Å². The average molecular weight is 137 g/mol. The minimum atomic E-state index is 1.12. The summed E-state index contributed by atoms with van der Waals surface area (Å²) in [6.07, 6.45) is 3.52. The highest BCUT2D eigenvalue weighted by Gasteiger charge is 2.06. The van der Waals surface area contributed by atoms with Crippen LogP contribution >= 0.6 is 0 Å². The van der Waals surface area contributed by atoms with E-state index in [4.69, 9.17) is 0 Å². The zero-order chi connectivity index (χ0) is 7.56. The van der Waals surface area contributed by atoms with E-state index in [9.17, 15) is 0 Å². The van der Waals surface area contributed by atoms with Crippen LogP contribution in [-0.2, 0) is 0 Å². The van der Waals surface area contributed by atoms with E-state index >= 15 is 0 Å². The third-order valence-corrected chi connectivity index (χ3v) is 2.14. The molecule has 0 fully saturated rings. The van der Waals surface area contributed by atoms with Crippen molar-refractivity contribution < 1.29 is 0 Å². The van der Waals surface area contributed by atoms with Crippen molar-refractivity contribution in [1.82, 2.24) is 0 Å². The molecule has 1 aliphatic heterocycles. The largest absolute Gasteiger partial charge is 0.263 e. The van der Waals surface area contributed by atoms with E-state index in [-0.39, 0.29) is 0 Å². The smallest absolute Gasteiger partial charge is 0.0361 e. The summed E-state index contributed by atoms with van der Waals surface area (Å²) >= 11 is 0. The summed E-state index contributed by atoms with van der Waals surface area (Å²) < 4.78 is 0. The lowest BCUT2D eigenvalue weighted by atomic mass is 10.0. The Morgan fingerprint density at radius 2 is 2.00 bits per heavy atom. The number of hydrogen-bond acceptors (Lipinski definition) is 1. The molecule has 0 aliphatic carbocycles. The van der Waals surface area contributed by atoms with Gasteiger partial charge in [0.1, 0.15) is 0 Å². The summed E-state index contributed by atoms with van der Waals surface area (Å²) in [7, 11) is 0. The average Bonchev–Trinajstić information content (AvgIpc) is 1.95. The maximum atomic E-state index is 4.48. The van der Waals surface area contributed by atoms with Crippen molar-refractivity contribution in [3.63, 3.8) is 0 Å². The molecule has 1 aliphatic rings. The molecule has 0 saturated carbocycles. The van der Waals surface area contributed by atoms with Gasteiger partial charge in [0.2, 0.25) is 0 Å². The molecule has 0 unspecified atom stereocenters. The molecular formula is C9H15N. The van der Waals surface area contributed by atoms with Gasteiger partial charge in [-0.1, -0.05) is 12.5 Å². The van der Waals surface area contributed by atoms with Crippen LogP contribution in [0.15, 0.2) is 16.3 Å². The van der Waals surface area contributed by atoms with Crippen molar-refractivity contribution in [2.24, 2.45) is 4.99 Å². The summed E-state index contributed by atoms with van der Waals surface area (Å²) in [6, 6.07) is 0. The van der Waals surface area contributed by atoms with Crippen LogP contribution in [0, 0.1) is 0 Å². The van der Waals surface area contributed by atoms with Crippen LogP contribution in [0.2, 0.25) is 0 Å². The van der Waals surface area contributed by atoms with Gasteiger partial charge in [-0.25, -0.2) is 0 Å². The molecule has 0 aromatic rings. The Hall–Kier alpha value is -0.590. The van der Waals surface area contributed by atoms with Crippen LogP contribution in [-0.4, -0.2) is 5.71 Å². The number of hydrogen-bond donors (Lipinski definition) is 0. The predicted octanol–water partition coefficient (Wildman–Crippen LogP) is 2.93. The first kappa shape index (κ1) is 7.52. The summed E-state index contributed by atoms with van der Waals surface area (Å²) in [5.74, 6) is 0. The summed E-state index contributed by atoms with van der Waals surface area (Å²) in [4.78, 5) is 4.48. The fourth-order valence-electron chi connectivity index (χ4n) is 1.16. The molecule has 0 saturated heterocycles. The molecule has 0 aromatic carbocycles. The maximum Gasteiger partial charge on any atom is 0.0361 e. The fraction of sp³-hybridized carbons (Fsp3) is 0.667. The summed E-state index contributed by atoms with van der Waals surface area (Å²) in [5.41, 5.74) is 4.06. The van der Waals surface area contributed by atoms with Crippen molar-refractivity contribution >= 4 is 5.71 Å². The molecule has 1 rings (SSSR count). The van der Waals surface area contributed by atoms with Crippen molar-refractivity contribution in [1.29, 1.82) is 0 Å². The van der Waals surface area contributed by atoms with Crippen LogP contribution < -0.4 is 0 Å². The minimum absolute atomic E-state index is 1.12. The van der Waals surface area contributed by atoms with Gasteiger partial charge >= 0.3 is 0 Å². The number of nitrogens with zero attached hydrogens (tertiary/aromatic N) is 1. The minimum Gasteiger partial charge on any atom is -0.263 e. The van der Waals surface area contributed by atoms with E-state index in [1.165, 1.54) is 29.8 Å². The second-order valence-corrected chi connectivity index (χ2v) is 2.90. The Morgan fingerprint density at radius 1 is 1.30 bits per heavy atom. The van der Waals surface area contributed by atoms with Gasteiger partial charge < -0.3 is 0 Å². The predicted molar refractivity (Wildman–Crippen MR) is 45.3 cm³/mol. The van der Waals surface area contributed by atoms with Crippen LogP contribution in [0.3, 0.4) is 0 Å². The third kappa shape index (κ3) is 1.47. The zero-order valence-electron chi connectivity index (χ0n) is 7.07. The molecular weight excluding hydrogens is 122 g/mol. The number of rotatable bonds is 1. The molecule has 1 nitrogen and oxygen atoms in total. The first-order valence-corrected chi connectivity index (χ1v) is 3.96. The second kappa shape index (κ2) is 3.00. The molecule has 10 heavy (non-hydrogen) atoms. The molecule has 0 N–H and O–H groups in total. The molecule has 0 radical (unpaired) electrons. The van der Waals surface area contributed by atoms with E-state index in [0.29, 0.717) is 0 Å². The SMILES string of the molecule is CCC1=NC(C)=C(C)CC1. The van der Waals surface area contributed by atoms with Gasteiger partial charge in [-0.05, 0) is 33.1 Å². The van der Waals surface area contributed by atoms with Gasteiger partial charge in [0.25, 0.3) is 0 Å². The lowest BCUT2D eigenvalue weighted by Gasteiger charge is -2.12. The van der Waals surface area contributed by atoms with Crippen molar-refractivity contribution in [2.75, 3.05) is 0 Å². The standard InChI is InChI=1S/C9H15N/c1-4-9-6-5-7(2)8(3)10-9/h4-6H2,1-3H3. The first-order valence-electron chi connectivity index (χ1n) is 3.96. The van der Waals surface area contributed by atoms with Gasteiger partial charge in [0.15, 0.2) is 0 Å². The monoisotopic (exact) mass is 137 g/mol. The third-order valence-electron chi connectivity index (χ3n) is 2.14. The number of aliphatic imine (C=N–C) groups is 1. The lowest BCUT2D eigenvalue weighted by Crippen LogP contribution is -2.02. The van der Waals surface area contributed by atoms with Crippen molar-refractivity contribution in [2.45, 2.75) is 40.0 Å². The van der Waals surface area contributed by atoms with Crippen molar-refractivity contribution in [3.05, 3.63) is 11.3 Å². The fourth-order valence-corrected chi connectivity index (χ4v) is 1.16. The van der Waals surface area contributed by atoms with E-state index < -0.39 is 0 Å². The molecule has 56 valence electrons. The normalized spacial score (nSPS) is 19.3. The summed E-state index contributed by atoms with van der Waals surface area (Å²) in [5, 5.41) is 0. The summed E-state index contributed by atoms with van der Waals surface area (Å²) in [6.45, 7) is 6.45. The van der Waals surface area contributed by atoms with Crippen LogP contribution in [0.25, 0.3) is 0 Å². The van der Waals surface area contributed by atoms with Crippen LogP contribution in [0.5, 0.6) is 0 Å². The van der Waals surface area contributed by atoms with Crippen LogP contribution in [0.4, 0.5) is 0 Å². The quantitative estimate of drug-likeness (QED) is 0.527. The van der Waals surface area contributed by atoms with Gasteiger partial charge in [-0.15, -0.1) is 0 Å². The van der Waals surface area contributed by atoms with Crippen molar-refractivity contribution in [3.8, 4) is 0 Å². The highest BCUT2D eigenvalue weighted by molar-refractivity contribution is 5.86. The van der Waals surface area contributed by atoms with E-state index in [0.717, 1.165) is 6.42 Å². The Morgan fingerprint density at radius 3 is 2.50 bits per heavy atom. The first-order chi connectivity index (χ1) is 4.74. The molecule has 1 heteroatoms. The highest BCUT2D eigenvalue weighted by atomic mass is 14.8. The second-order valence-electron chi connectivity index (χ2n) is 2.90. The number of allylic oxidation sites excluding steroid dienone is 2. The molecule has 0 aromatic heterocycles. The Balaban J connectivity index is 2.76. The molecule has 0 atom stereocenters. The lowest BCUT2D eigenvalue weighted by molar-refractivity contribution is 0.915. The molecule has 0 bridgehead atoms. The zero-order valence-corrected chi connectivity index (χ0v) is 7.07. The Kier molecular flexibility index (Phi) is 2.25. The van der Waals surface area contributed by atoms with E-state index in [2.05, 4.69) is 25.8 Å². The van der Waals surface area contributed by atoms with E-state index in [1.807, 2.05) is 0 Å². The van der Waals surface area contributed by atoms with Gasteiger partial charge in [-0.3, -0.25) is 4.99 Å². The molecule has 0 spiro atoms. The Labute approximate surface area is 62.9 Å². The van der Waals surface area contributed by atoms with Crippen LogP contribution in [0.1, 0.15) is 40.0 Å². The highest BCUT2D eigenvalue weighted by Crippen LogP contribution is 2.18.